The van der Waals surface area contributed by atoms with Crippen molar-refractivity contribution in [3.8, 4) is 0 Å². The Morgan fingerprint density at radius 1 is 1.33 bits per heavy atom. The molecule has 0 aromatic rings. The Hall–Kier alpha value is -0.285. The van der Waals surface area contributed by atoms with Gasteiger partial charge < -0.3 is 14.4 Å². The SMILES string of the molecule is CC(C)(C)C(C)(C)OB/C(C=N)=C/NBr. The van der Waals surface area contributed by atoms with E-state index in [9.17, 15) is 0 Å². The zero-order chi connectivity index (χ0) is 12.1. The lowest BCUT2D eigenvalue weighted by molar-refractivity contribution is 0.00455. The van der Waals surface area contributed by atoms with Crippen molar-refractivity contribution in [2.75, 3.05) is 0 Å². The summed E-state index contributed by atoms with van der Waals surface area (Å²) in [6, 6.07) is 0. The fraction of sp³-hybridized carbons (Fsp3) is 0.700. The number of rotatable bonds is 5. The Labute approximate surface area is 102 Å². The fourth-order valence-corrected chi connectivity index (χ4v) is 0.969. The first-order chi connectivity index (χ1) is 6.74. The van der Waals surface area contributed by atoms with Crippen molar-refractivity contribution in [3.05, 3.63) is 11.7 Å². The summed E-state index contributed by atoms with van der Waals surface area (Å²) in [4.78, 5) is 0. The Kier molecular flexibility index (Phi) is 5.60. The van der Waals surface area contributed by atoms with Crippen LogP contribution in [0.4, 0.5) is 0 Å². The van der Waals surface area contributed by atoms with Crippen molar-refractivity contribution in [1.29, 1.82) is 5.41 Å². The molecule has 15 heavy (non-hydrogen) atoms. The first kappa shape index (κ1) is 14.7. The predicted octanol–water partition coefficient (Wildman–Crippen LogP) is 2.57. The smallest absolute Gasteiger partial charge is 0.312 e. The van der Waals surface area contributed by atoms with E-state index in [1.165, 1.54) is 6.21 Å². The van der Waals surface area contributed by atoms with Crippen LogP contribution in [0.25, 0.3) is 0 Å². The van der Waals surface area contributed by atoms with Gasteiger partial charge in [-0.15, -0.1) is 0 Å². The second-order valence-electron chi connectivity index (χ2n) is 5.02. The molecule has 0 spiro atoms. The highest BCUT2D eigenvalue weighted by atomic mass is 79.9. The summed E-state index contributed by atoms with van der Waals surface area (Å²) in [5, 5.41) is 7.19. The van der Waals surface area contributed by atoms with E-state index in [-0.39, 0.29) is 11.0 Å². The molecule has 0 aliphatic rings. The lowest BCUT2D eigenvalue weighted by Gasteiger charge is -2.39. The summed E-state index contributed by atoms with van der Waals surface area (Å²) >= 11 is 3.07. The first-order valence-electron chi connectivity index (χ1n) is 4.94. The molecule has 5 heteroatoms. The molecule has 0 unspecified atom stereocenters. The van der Waals surface area contributed by atoms with Crippen LogP contribution in [0.5, 0.6) is 0 Å². The Balaban J connectivity index is 4.38. The van der Waals surface area contributed by atoms with Crippen LogP contribution >= 0.6 is 16.1 Å². The molecule has 0 rings (SSSR count). The second kappa shape index (κ2) is 5.70. The summed E-state index contributed by atoms with van der Waals surface area (Å²) in [5.74, 6) is 0. The molecule has 3 nitrogen and oxygen atoms in total. The van der Waals surface area contributed by atoms with E-state index in [0.29, 0.717) is 7.48 Å². The predicted molar refractivity (Wildman–Crippen MR) is 70.7 cm³/mol. The zero-order valence-electron chi connectivity index (χ0n) is 10.1. The minimum absolute atomic E-state index is 0.0714. The van der Waals surface area contributed by atoms with Crippen molar-refractivity contribution in [2.45, 2.75) is 40.2 Å². The molecule has 0 heterocycles. The molecule has 0 aliphatic heterocycles. The van der Waals surface area contributed by atoms with Crippen LogP contribution in [0.2, 0.25) is 0 Å². The number of halogens is 1. The lowest BCUT2D eigenvalue weighted by atomic mass is 9.76. The van der Waals surface area contributed by atoms with E-state index in [2.05, 4.69) is 55.1 Å². The van der Waals surface area contributed by atoms with Gasteiger partial charge in [0.05, 0.1) is 5.60 Å². The maximum absolute atomic E-state index is 7.19. The van der Waals surface area contributed by atoms with Crippen LogP contribution in [0.15, 0.2) is 11.7 Å². The van der Waals surface area contributed by atoms with E-state index >= 15 is 0 Å². The van der Waals surface area contributed by atoms with Crippen molar-refractivity contribution >= 4 is 29.8 Å². The van der Waals surface area contributed by atoms with E-state index in [1.807, 2.05) is 0 Å². The zero-order valence-corrected chi connectivity index (χ0v) is 11.7. The van der Waals surface area contributed by atoms with E-state index < -0.39 is 0 Å². The Morgan fingerprint density at radius 3 is 2.20 bits per heavy atom. The molecule has 0 saturated heterocycles. The van der Waals surface area contributed by atoms with Gasteiger partial charge in [-0.25, -0.2) is 0 Å². The average molecular weight is 275 g/mol. The quantitative estimate of drug-likeness (QED) is 0.460. The maximum Gasteiger partial charge on any atom is 0.312 e. The van der Waals surface area contributed by atoms with Crippen LogP contribution in [0, 0.1) is 10.8 Å². The number of nitrogens with one attached hydrogen (secondary N) is 2. The highest BCUT2D eigenvalue weighted by molar-refractivity contribution is 9.08. The van der Waals surface area contributed by atoms with Crippen LogP contribution in [0.1, 0.15) is 34.6 Å². The van der Waals surface area contributed by atoms with Crippen molar-refractivity contribution < 1.29 is 4.65 Å². The van der Waals surface area contributed by atoms with Gasteiger partial charge in [0.15, 0.2) is 0 Å². The van der Waals surface area contributed by atoms with Gasteiger partial charge in [0.25, 0.3) is 0 Å². The van der Waals surface area contributed by atoms with Gasteiger partial charge in [0.1, 0.15) is 0 Å². The first-order valence-corrected chi connectivity index (χ1v) is 5.73. The molecular formula is C10H20BBrN2O. The van der Waals surface area contributed by atoms with Gasteiger partial charge in [-0.3, -0.25) is 0 Å². The van der Waals surface area contributed by atoms with Crippen LogP contribution in [0.3, 0.4) is 0 Å². The Morgan fingerprint density at radius 2 is 1.87 bits per heavy atom. The van der Waals surface area contributed by atoms with Gasteiger partial charge in [0.2, 0.25) is 0 Å². The molecule has 0 amide bonds. The molecule has 86 valence electrons. The van der Waals surface area contributed by atoms with Gasteiger partial charge in [-0.05, 0) is 24.7 Å². The third kappa shape index (κ3) is 4.84. The highest BCUT2D eigenvalue weighted by Gasteiger charge is 2.33. The standard InChI is InChI=1S/C10H20BBrN2O/c1-9(2,3)10(4,5)15-11-8(6-13)7-14-12/h6-7,11,13-14H,1-5H3/b8-7+,13-6?. The summed E-state index contributed by atoms with van der Waals surface area (Å²) < 4.78 is 8.53. The molecule has 0 aromatic heterocycles. The molecule has 0 saturated carbocycles. The molecule has 0 bridgehead atoms. The van der Waals surface area contributed by atoms with Crippen LogP contribution in [-0.4, -0.2) is 19.3 Å². The molecule has 2 N–H and O–H groups in total. The summed E-state index contributed by atoms with van der Waals surface area (Å²) in [5.41, 5.74) is 0.646. The van der Waals surface area contributed by atoms with Gasteiger partial charge in [-0.2, -0.15) is 0 Å². The monoisotopic (exact) mass is 274 g/mol. The normalized spacial score (nSPS) is 13.6. The van der Waals surface area contributed by atoms with Crippen molar-refractivity contribution in [3.63, 3.8) is 0 Å². The molecule has 0 aromatic carbocycles. The van der Waals surface area contributed by atoms with Gasteiger partial charge in [0, 0.05) is 28.6 Å². The lowest BCUT2D eigenvalue weighted by Crippen LogP contribution is -2.41. The maximum atomic E-state index is 7.19. The summed E-state index contributed by atoms with van der Waals surface area (Å²) in [6.07, 6.45) is 2.98. The number of allylic oxidation sites excluding steroid dienone is 1. The minimum Gasteiger partial charge on any atom is -0.429 e. The Bertz CT molecular complexity index is 246. The third-order valence-corrected chi connectivity index (χ3v) is 3.06. The third-order valence-electron chi connectivity index (χ3n) is 2.83. The molecule has 0 radical (unpaired) electrons. The molecule has 0 atom stereocenters. The van der Waals surface area contributed by atoms with Gasteiger partial charge in [-0.1, -0.05) is 20.8 Å². The molecular weight excluding hydrogens is 255 g/mol. The van der Waals surface area contributed by atoms with Crippen molar-refractivity contribution in [1.82, 2.24) is 4.34 Å². The van der Waals surface area contributed by atoms with E-state index in [4.69, 9.17) is 10.1 Å². The molecule has 0 aliphatic carbocycles. The topological polar surface area (TPSA) is 45.1 Å². The van der Waals surface area contributed by atoms with Crippen LogP contribution < -0.4 is 4.34 Å². The van der Waals surface area contributed by atoms with Gasteiger partial charge >= 0.3 is 7.48 Å². The minimum atomic E-state index is -0.221. The summed E-state index contributed by atoms with van der Waals surface area (Å²) in [7, 11) is 0.437. The largest absolute Gasteiger partial charge is 0.429 e. The average Bonchev–Trinajstić information content (AvgIpc) is 2.10. The van der Waals surface area contributed by atoms with Crippen molar-refractivity contribution in [2.24, 2.45) is 5.41 Å². The second-order valence-corrected chi connectivity index (χ2v) is 5.48. The van der Waals surface area contributed by atoms with E-state index in [1.54, 1.807) is 6.20 Å². The van der Waals surface area contributed by atoms with Crippen LogP contribution in [-0.2, 0) is 4.65 Å². The number of hydrogen-bond donors (Lipinski definition) is 2. The highest BCUT2D eigenvalue weighted by Crippen LogP contribution is 2.32. The van der Waals surface area contributed by atoms with E-state index in [0.717, 1.165) is 5.47 Å². The molecule has 0 fully saturated rings. The summed E-state index contributed by atoms with van der Waals surface area (Å²) in [6.45, 7) is 10.6. The fourth-order valence-electron chi connectivity index (χ4n) is 0.675. The number of hydrogen-bond acceptors (Lipinski definition) is 3.